The number of benzene rings is 1. The van der Waals surface area contributed by atoms with E-state index in [0.717, 1.165) is 5.56 Å². The maximum atomic E-state index is 12.0. The van der Waals surface area contributed by atoms with Crippen LogP contribution in [0.25, 0.3) is 11.3 Å². The van der Waals surface area contributed by atoms with Crippen LogP contribution in [0.4, 0.5) is 23.3 Å². The van der Waals surface area contributed by atoms with Crippen molar-refractivity contribution < 1.29 is 9.53 Å². The summed E-state index contributed by atoms with van der Waals surface area (Å²) in [4.78, 5) is 33.4. The Labute approximate surface area is 184 Å². The number of hydrogen-bond donors (Lipinski definition) is 3. The standard InChI is InChI=1S/C22H20N8O2/c1-13-24-11-9-16(27-13)14-6-5-7-17(19(14)32-2)28-21-15(20(23)31)12-26-22(30-21)29-18-8-3-4-10-25-18/h3-12H,1-2H3,(H2,23,31)(H2,25,26,28,29,30). The van der Waals surface area contributed by atoms with Crippen molar-refractivity contribution >= 4 is 29.2 Å². The number of primary amides is 1. The summed E-state index contributed by atoms with van der Waals surface area (Å²) < 4.78 is 5.66. The number of pyridine rings is 1. The molecule has 0 atom stereocenters. The number of nitrogens with two attached hydrogens (primary N) is 1. The second-order valence-electron chi connectivity index (χ2n) is 6.66. The Morgan fingerprint density at radius 1 is 0.969 bits per heavy atom. The Morgan fingerprint density at radius 2 is 1.84 bits per heavy atom. The first-order valence-electron chi connectivity index (χ1n) is 9.64. The first-order chi connectivity index (χ1) is 15.5. The summed E-state index contributed by atoms with van der Waals surface area (Å²) >= 11 is 0. The van der Waals surface area contributed by atoms with Crippen molar-refractivity contribution in [3.05, 3.63) is 72.4 Å². The van der Waals surface area contributed by atoms with Gasteiger partial charge in [-0.15, -0.1) is 0 Å². The fraction of sp³-hybridized carbons (Fsp3) is 0.0909. The topological polar surface area (TPSA) is 141 Å². The number of aryl methyl sites for hydroxylation is 1. The van der Waals surface area contributed by atoms with Gasteiger partial charge in [-0.2, -0.15) is 4.98 Å². The molecule has 4 N–H and O–H groups in total. The van der Waals surface area contributed by atoms with Crippen LogP contribution in [0.3, 0.4) is 0 Å². The van der Waals surface area contributed by atoms with Gasteiger partial charge in [-0.3, -0.25) is 4.79 Å². The maximum absolute atomic E-state index is 12.0. The molecule has 0 spiro atoms. The molecule has 10 nitrogen and oxygen atoms in total. The quantitative estimate of drug-likeness (QED) is 0.404. The third kappa shape index (κ3) is 4.43. The molecule has 1 amide bonds. The lowest BCUT2D eigenvalue weighted by Crippen LogP contribution is -2.16. The lowest BCUT2D eigenvalue weighted by Gasteiger charge is -2.16. The lowest BCUT2D eigenvalue weighted by molar-refractivity contribution is 0.100. The average Bonchev–Trinajstić information content (AvgIpc) is 2.79. The van der Waals surface area contributed by atoms with Gasteiger partial charge in [0.1, 0.15) is 23.0 Å². The molecule has 0 aliphatic carbocycles. The van der Waals surface area contributed by atoms with E-state index < -0.39 is 5.91 Å². The molecule has 10 heteroatoms. The minimum atomic E-state index is -0.668. The molecule has 0 bridgehead atoms. The van der Waals surface area contributed by atoms with Crippen molar-refractivity contribution in [1.82, 2.24) is 24.9 Å². The summed E-state index contributed by atoms with van der Waals surface area (Å²) in [5.74, 6) is 1.53. The van der Waals surface area contributed by atoms with Crippen LogP contribution in [0.2, 0.25) is 0 Å². The van der Waals surface area contributed by atoms with E-state index in [9.17, 15) is 4.79 Å². The van der Waals surface area contributed by atoms with Crippen molar-refractivity contribution in [2.75, 3.05) is 17.7 Å². The Morgan fingerprint density at radius 3 is 2.56 bits per heavy atom. The molecule has 1 aromatic carbocycles. The lowest BCUT2D eigenvalue weighted by atomic mass is 10.1. The van der Waals surface area contributed by atoms with E-state index >= 15 is 0 Å². The summed E-state index contributed by atoms with van der Waals surface area (Å²) in [5.41, 5.74) is 7.70. The van der Waals surface area contributed by atoms with Crippen LogP contribution >= 0.6 is 0 Å². The Kier molecular flexibility index (Phi) is 5.84. The highest BCUT2D eigenvalue weighted by molar-refractivity contribution is 5.98. The monoisotopic (exact) mass is 428 g/mol. The third-order valence-corrected chi connectivity index (χ3v) is 4.48. The molecule has 160 valence electrons. The van der Waals surface area contributed by atoms with E-state index in [1.807, 2.05) is 25.1 Å². The second kappa shape index (κ2) is 9.04. The van der Waals surface area contributed by atoms with E-state index in [1.54, 1.807) is 43.8 Å². The first-order valence-corrected chi connectivity index (χ1v) is 9.64. The molecule has 4 aromatic rings. The van der Waals surface area contributed by atoms with E-state index in [4.69, 9.17) is 10.5 Å². The number of carbonyl (C=O) groups excluding carboxylic acids is 1. The zero-order valence-electron chi connectivity index (χ0n) is 17.4. The van der Waals surface area contributed by atoms with Gasteiger partial charge in [-0.1, -0.05) is 12.1 Å². The number of hydrogen-bond acceptors (Lipinski definition) is 9. The summed E-state index contributed by atoms with van der Waals surface area (Å²) in [6.07, 6.45) is 4.68. The van der Waals surface area contributed by atoms with Crippen LogP contribution in [0, 0.1) is 6.92 Å². The largest absolute Gasteiger partial charge is 0.494 e. The summed E-state index contributed by atoms with van der Waals surface area (Å²) in [6, 6.07) is 12.7. The number of amides is 1. The molecule has 0 unspecified atom stereocenters. The molecule has 4 rings (SSSR count). The van der Waals surface area contributed by atoms with Crippen LogP contribution < -0.4 is 21.1 Å². The Hall–Kier alpha value is -4.60. The second-order valence-corrected chi connectivity index (χ2v) is 6.66. The first kappa shape index (κ1) is 20.7. The van der Waals surface area contributed by atoms with Crippen molar-refractivity contribution in [3.63, 3.8) is 0 Å². The van der Waals surface area contributed by atoms with Gasteiger partial charge in [0, 0.05) is 24.2 Å². The Balaban J connectivity index is 1.73. The minimum Gasteiger partial charge on any atom is -0.494 e. The zero-order valence-corrected chi connectivity index (χ0v) is 17.4. The minimum absolute atomic E-state index is 0.127. The van der Waals surface area contributed by atoms with Gasteiger partial charge >= 0.3 is 0 Å². The van der Waals surface area contributed by atoms with Crippen LogP contribution in [0.1, 0.15) is 16.2 Å². The van der Waals surface area contributed by atoms with Crippen LogP contribution in [0.5, 0.6) is 5.75 Å². The molecule has 0 aliphatic heterocycles. The highest BCUT2D eigenvalue weighted by Gasteiger charge is 2.17. The van der Waals surface area contributed by atoms with Crippen molar-refractivity contribution in [2.45, 2.75) is 6.92 Å². The van der Waals surface area contributed by atoms with E-state index in [1.165, 1.54) is 6.20 Å². The molecule has 0 fully saturated rings. The van der Waals surface area contributed by atoms with Gasteiger partial charge in [-0.25, -0.2) is 19.9 Å². The molecular weight excluding hydrogens is 408 g/mol. The molecule has 0 saturated heterocycles. The van der Waals surface area contributed by atoms with Crippen LogP contribution in [-0.2, 0) is 0 Å². The predicted octanol–water partition coefficient (Wildman–Crippen LogP) is 3.23. The van der Waals surface area contributed by atoms with Gasteiger partial charge in [0.25, 0.3) is 5.91 Å². The van der Waals surface area contributed by atoms with Crippen molar-refractivity contribution in [2.24, 2.45) is 5.73 Å². The molecule has 3 heterocycles. The molecule has 32 heavy (non-hydrogen) atoms. The summed E-state index contributed by atoms with van der Waals surface area (Å²) in [5, 5.41) is 6.14. The van der Waals surface area contributed by atoms with Crippen LogP contribution in [0.15, 0.2) is 61.1 Å². The van der Waals surface area contributed by atoms with Gasteiger partial charge in [0.15, 0.2) is 5.75 Å². The van der Waals surface area contributed by atoms with Gasteiger partial charge in [0.2, 0.25) is 5.95 Å². The fourth-order valence-corrected chi connectivity index (χ4v) is 3.06. The normalized spacial score (nSPS) is 10.4. The van der Waals surface area contributed by atoms with E-state index in [-0.39, 0.29) is 17.3 Å². The summed E-state index contributed by atoms with van der Waals surface area (Å²) in [6.45, 7) is 1.81. The SMILES string of the molecule is COc1c(Nc2nc(Nc3ccccn3)ncc2C(N)=O)cccc1-c1ccnc(C)n1. The summed E-state index contributed by atoms with van der Waals surface area (Å²) in [7, 11) is 1.56. The van der Waals surface area contributed by atoms with Crippen molar-refractivity contribution in [1.29, 1.82) is 0 Å². The number of aromatic nitrogens is 5. The third-order valence-electron chi connectivity index (χ3n) is 4.48. The van der Waals surface area contributed by atoms with Crippen molar-refractivity contribution in [3.8, 4) is 17.0 Å². The predicted molar refractivity (Wildman–Crippen MR) is 120 cm³/mol. The number of para-hydroxylation sites is 1. The smallest absolute Gasteiger partial charge is 0.254 e. The van der Waals surface area contributed by atoms with Crippen LogP contribution in [-0.4, -0.2) is 37.9 Å². The maximum Gasteiger partial charge on any atom is 0.254 e. The van der Waals surface area contributed by atoms with E-state index in [0.29, 0.717) is 28.8 Å². The number of carbonyl (C=O) groups is 1. The number of methoxy groups -OCH3 is 1. The fourth-order valence-electron chi connectivity index (χ4n) is 3.06. The number of anilines is 4. The van der Waals surface area contributed by atoms with Gasteiger partial charge in [0.05, 0.1) is 18.5 Å². The van der Waals surface area contributed by atoms with Gasteiger partial charge < -0.3 is 21.1 Å². The molecule has 0 aliphatic rings. The Bertz CT molecular complexity index is 1260. The molecule has 0 radical (unpaired) electrons. The number of rotatable bonds is 7. The highest BCUT2D eigenvalue weighted by atomic mass is 16.5. The van der Waals surface area contributed by atoms with E-state index in [2.05, 4.69) is 35.6 Å². The number of nitrogens with one attached hydrogen (secondary N) is 2. The number of nitrogens with zero attached hydrogens (tertiary/aromatic N) is 5. The highest BCUT2D eigenvalue weighted by Crippen LogP contribution is 2.37. The zero-order chi connectivity index (χ0) is 22.5. The molecule has 0 saturated carbocycles. The molecule has 3 aromatic heterocycles. The van der Waals surface area contributed by atoms with Gasteiger partial charge in [-0.05, 0) is 37.3 Å². The molecular formula is C22H20N8O2. The average molecular weight is 428 g/mol. The number of ether oxygens (including phenoxy) is 1.